The second-order valence-corrected chi connectivity index (χ2v) is 5.11. The average molecular weight is 268 g/mol. The van der Waals surface area contributed by atoms with Crippen LogP contribution in [-0.4, -0.2) is 24.7 Å². The first-order valence-corrected chi connectivity index (χ1v) is 6.26. The molecule has 1 saturated heterocycles. The van der Waals surface area contributed by atoms with Crippen molar-refractivity contribution in [1.82, 2.24) is 0 Å². The smallest absolute Gasteiger partial charge is 0.272 e. The molecule has 104 valence electrons. The van der Waals surface area contributed by atoms with E-state index in [2.05, 4.69) is 0 Å². The highest BCUT2D eigenvalue weighted by Crippen LogP contribution is 2.32. The van der Waals surface area contributed by atoms with E-state index in [0.717, 1.165) is 18.9 Å². The highest BCUT2D eigenvalue weighted by molar-refractivity contribution is 5.35. The summed E-state index contributed by atoms with van der Waals surface area (Å²) >= 11 is 0. The van der Waals surface area contributed by atoms with Crippen LogP contribution in [0.3, 0.4) is 0 Å². The second-order valence-electron chi connectivity index (χ2n) is 5.11. The number of rotatable bonds is 4. The zero-order valence-corrected chi connectivity index (χ0v) is 10.6. The fraction of sp³-hybridized carbons (Fsp3) is 0.538. The monoisotopic (exact) mass is 268 g/mol. The van der Waals surface area contributed by atoms with Gasteiger partial charge >= 0.3 is 0 Å². The number of nitro benzene ring substituents is 1. The minimum atomic E-state index is -0.590. The average Bonchev–Trinajstić information content (AvgIpc) is 2.39. The molecular formula is C13H17FN2O3. The fourth-order valence-corrected chi connectivity index (χ4v) is 2.56. The maximum absolute atomic E-state index is 13.4. The summed E-state index contributed by atoms with van der Waals surface area (Å²) in [6.07, 6.45) is 2.31. The van der Waals surface area contributed by atoms with Gasteiger partial charge in [0, 0.05) is 24.6 Å². The second kappa shape index (κ2) is 5.63. The molecule has 1 aromatic carbocycles. The van der Waals surface area contributed by atoms with Crippen LogP contribution in [0, 0.1) is 21.3 Å². The van der Waals surface area contributed by atoms with E-state index in [1.54, 1.807) is 0 Å². The molecule has 2 rings (SSSR count). The van der Waals surface area contributed by atoms with Crippen molar-refractivity contribution in [3.63, 3.8) is 0 Å². The number of hydrogen-bond donors (Lipinski definition) is 1. The SMILES string of the molecule is NCC1(Cc2cc(F)cc([N+](=O)[O-])c2)CCCOC1. The topological polar surface area (TPSA) is 78.4 Å². The summed E-state index contributed by atoms with van der Waals surface area (Å²) in [7, 11) is 0. The molecule has 1 atom stereocenters. The van der Waals surface area contributed by atoms with E-state index in [4.69, 9.17) is 10.5 Å². The summed E-state index contributed by atoms with van der Waals surface area (Å²) in [5.41, 5.74) is 5.95. The van der Waals surface area contributed by atoms with Crippen molar-refractivity contribution >= 4 is 5.69 Å². The maximum atomic E-state index is 13.4. The minimum absolute atomic E-state index is 0.223. The van der Waals surface area contributed by atoms with Crippen LogP contribution in [0.4, 0.5) is 10.1 Å². The molecule has 1 heterocycles. The third-order valence-electron chi connectivity index (χ3n) is 3.57. The minimum Gasteiger partial charge on any atom is -0.381 e. The van der Waals surface area contributed by atoms with Crippen LogP contribution in [0.5, 0.6) is 0 Å². The summed E-state index contributed by atoms with van der Waals surface area (Å²) in [4.78, 5) is 10.2. The highest BCUT2D eigenvalue weighted by atomic mass is 19.1. The Labute approximate surface area is 110 Å². The van der Waals surface area contributed by atoms with E-state index >= 15 is 0 Å². The Bertz CT molecular complexity index is 473. The van der Waals surface area contributed by atoms with E-state index in [9.17, 15) is 14.5 Å². The van der Waals surface area contributed by atoms with Gasteiger partial charge in [-0.25, -0.2) is 4.39 Å². The number of ether oxygens (including phenoxy) is 1. The standard InChI is InChI=1S/C13H17FN2O3/c14-11-4-10(5-12(6-11)16(17)18)7-13(8-15)2-1-3-19-9-13/h4-6H,1-3,7-9,15H2. The Morgan fingerprint density at radius 3 is 2.84 bits per heavy atom. The van der Waals surface area contributed by atoms with Gasteiger partial charge in [-0.05, 0) is 30.9 Å². The third-order valence-corrected chi connectivity index (χ3v) is 3.57. The van der Waals surface area contributed by atoms with Crippen LogP contribution < -0.4 is 5.73 Å². The molecular weight excluding hydrogens is 251 g/mol. The number of nitrogens with zero attached hydrogens (tertiary/aromatic N) is 1. The first-order valence-electron chi connectivity index (χ1n) is 6.26. The zero-order chi connectivity index (χ0) is 13.9. The Morgan fingerprint density at radius 2 is 2.26 bits per heavy atom. The number of benzene rings is 1. The quantitative estimate of drug-likeness (QED) is 0.669. The number of nitrogens with two attached hydrogens (primary N) is 1. The van der Waals surface area contributed by atoms with Gasteiger partial charge < -0.3 is 10.5 Å². The molecule has 2 N–H and O–H groups in total. The maximum Gasteiger partial charge on any atom is 0.272 e. The molecule has 0 bridgehead atoms. The highest BCUT2D eigenvalue weighted by Gasteiger charge is 2.32. The van der Waals surface area contributed by atoms with Gasteiger partial charge in [-0.3, -0.25) is 10.1 Å². The Kier molecular flexibility index (Phi) is 4.11. The van der Waals surface area contributed by atoms with E-state index in [1.165, 1.54) is 12.1 Å². The lowest BCUT2D eigenvalue weighted by Gasteiger charge is -2.36. The molecule has 0 spiro atoms. The summed E-state index contributed by atoms with van der Waals surface area (Å²) < 4.78 is 18.9. The van der Waals surface area contributed by atoms with Crippen LogP contribution in [0.1, 0.15) is 18.4 Å². The molecule has 0 aliphatic carbocycles. The van der Waals surface area contributed by atoms with Gasteiger partial charge in [-0.1, -0.05) is 0 Å². The van der Waals surface area contributed by atoms with Crippen molar-refractivity contribution in [3.05, 3.63) is 39.7 Å². The molecule has 0 aromatic heterocycles. The van der Waals surface area contributed by atoms with Gasteiger partial charge in [-0.2, -0.15) is 0 Å². The van der Waals surface area contributed by atoms with E-state index in [1.807, 2.05) is 0 Å². The van der Waals surface area contributed by atoms with E-state index in [0.29, 0.717) is 31.7 Å². The van der Waals surface area contributed by atoms with Gasteiger partial charge in [-0.15, -0.1) is 0 Å². The third kappa shape index (κ3) is 3.27. The number of halogens is 1. The van der Waals surface area contributed by atoms with E-state index < -0.39 is 10.7 Å². The first kappa shape index (κ1) is 13.9. The van der Waals surface area contributed by atoms with Crippen molar-refractivity contribution < 1.29 is 14.1 Å². The summed E-state index contributed by atoms with van der Waals surface area (Å²) in [6.45, 7) is 1.66. The summed E-state index contributed by atoms with van der Waals surface area (Å²) in [5.74, 6) is -0.590. The lowest BCUT2D eigenvalue weighted by atomic mass is 9.77. The van der Waals surface area contributed by atoms with Gasteiger partial charge in [0.25, 0.3) is 5.69 Å². The van der Waals surface area contributed by atoms with Crippen molar-refractivity contribution in [2.75, 3.05) is 19.8 Å². The molecule has 0 saturated carbocycles. The molecule has 0 amide bonds. The number of hydrogen-bond acceptors (Lipinski definition) is 4. The van der Waals surface area contributed by atoms with Crippen LogP contribution in [0.15, 0.2) is 18.2 Å². The predicted molar refractivity (Wildman–Crippen MR) is 68.3 cm³/mol. The number of non-ortho nitro benzene ring substituents is 1. The molecule has 1 fully saturated rings. The lowest BCUT2D eigenvalue weighted by molar-refractivity contribution is -0.385. The molecule has 5 nitrogen and oxygen atoms in total. The van der Waals surface area contributed by atoms with Crippen molar-refractivity contribution in [2.24, 2.45) is 11.1 Å². The molecule has 1 aliphatic heterocycles. The van der Waals surface area contributed by atoms with Gasteiger partial charge in [0.2, 0.25) is 0 Å². The predicted octanol–water partition coefficient (Wildman–Crippen LogP) is 2.03. The first-order chi connectivity index (χ1) is 9.04. The fourth-order valence-electron chi connectivity index (χ4n) is 2.56. The Balaban J connectivity index is 2.23. The summed E-state index contributed by atoms with van der Waals surface area (Å²) in [6, 6.07) is 3.67. The van der Waals surface area contributed by atoms with Crippen LogP contribution in [-0.2, 0) is 11.2 Å². The van der Waals surface area contributed by atoms with E-state index in [-0.39, 0.29) is 11.1 Å². The van der Waals surface area contributed by atoms with Gasteiger partial charge in [0.1, 0.15) is 5.82 Å². The van der Waals surface area contributed by atoms with Crippen molar-refractivity contribution in [2.45, 2.75) is 19.3 Å². The molecule has 1 aromatic rings. The largest absolute Gasteiger partial charge is 0.381 e. The molecule has 0 radical (unpaired) electrons. The van der Waals surface area contributed by atoms with Crippen molar-refractivity contribution in [1.29, 1.82) is 0 Å². The number of nitro groups is 1. The normalized spacial score (nSPS) is 23.3. The molecule has 1 aliphatic rings. The van der Waals surface area contributed by atoms with Crippen molar-refractivity contribution in [3.8, 4) is 0 Å². The molecule has 19 heavy (non-hydrogen) atoms. The van der Waals surface area contributed by atoms with Crippen LogP contribution in [0.2, 0.25) is 0 Å². The van der Waals surface area contributed by atoms with Crippen LogP contribution in [0.25, 0.3) is 0 Å². The zero-order valence-electron chi connectivity index (χ0n) is 10.6. The van der Waals surface area contributed by atoms with Gasteiger partial charge in [0.15, 0.2) is 0 Å². The Morgan fingerprint density at radius 1 is 1.47 bits per heavy atom. The molecule has 1 unspecified atom stereocenters. The molecule has 6 heteroatoms. The van der Waals surface area contributed by atoms with Crippen LogP contribution >= 0.6 is 0 Å². The van der Waals surface area contributed by atoms with Gasteiger partial charge in [0.05, 0.1) is 17.6 Å². The Hall–Kier alpha value is -1.53. The summed E-state index contributed by atoms with van der Waals surface area (Å²) in [5, 5.41) is 10.7. The lowest BCUT2D eigenvalue weighted by Crippen LogP contribution is -2.40.